The Morgan fingerprint density at radius 1 is 1.41 bits per heavy atom. The number of hydrogen-bond donors (Lipinski definition) is 1. The second kappa shape index (κ2) is 4.99. The molecule has 4 nitrogen and oxygen atoms in total. The highest BCUT2D eigenvalue weighted by atomic mass is 16.1. The SMILES string of the molecule is CC(C)Cn1c(CNC=O)nc2ccccc21. The molecular formula is C13H17N3O. The molecule has 0 aliphatic carbocycles. The summed E-state index contributed by atoms with van der Waals surface area (Å²) in [6.45, 7) is 5.73. The van der Waals surface area contributed by atoms with Crippen LogP contribution in [0, 0.1) is 5.92 Å². The summed E-state index contributed by atoms with van der Waals surface area (Å²) in [6.07, 6.45) is 0.707. The van der Waals surface area contributed by atoms with Gasteiger partial charge < -0.3 is 9.88 Å². The molecule has 1 aromatic carbocycles. The summed E-state index contributed by atoms with van der Waals surface area (Å²) in [6, 6.07) is 8.05. The summed E-state index contributed by atoms with van der Waals surface area (Å²) in [4.78, 5) is 14.9. The van der Waals surface area contributed by atoms with Gasteiger partial charge in [-0.1, -0.05) is 26.0 Å². The van der Waals surface area contributed by atoms with Gasteiger partial charge in [-0.05, 0) is 18.1 Å². The lowest BCUT2D eigenvalue weighted by molar-refractivity contribution is -0.109. The summed E-state index contributed by atoms with van der Waals surface area (Å²) < 4.78 is 2.18. The van der Waals surface area contributed by atoms with E-state index in [-0.39, 0.29) is 0 Å². The van der Waals surface area contributed by atoms with E-state index in [1.165, 1.54) is 0 Å². The van der Waals surface area contributed by atoms with Crippen molar-refractivity contribution in [2.75, 3.05) is 0 Å². The lowest BCUT2D eigenvalue weighted by Gasteiger charge is -2.11. The summed E-state index contributed by atoms with van der Waals surface area (Å²) >= 11 is 0. The number of aromatic nitrogens is 2. The minimum atomic E-state index is 0.477. The number of carbonyl (C=O) groups excluding carboxylic acids is 1. The third-order valence-corrected chi connectivity index (χ3v) is 2.62. The van der Waals surface area contributed by atoms with E-state index in [1.807, 2.05) is 18.2 Å². The third-order valence-electron chi connectivity index (χ3n) is 2.62. The number of carbonyl (C=O) groups is 1. The number of amides is 1. The smallest absolute Gasteiger partial charge is 0.207 e. The number of nitrogens with zero attached hydrogens (tertiary/aromatic N) is 2. The fraction of sp³-hybridized carbons (Fsp3) is 0.385. The minimum Gasteiger partial charge on any atom is -0.351 e. The van der Waals surface area contributed by atoms with Crippen LogP contribution in [0.3, 0.4) is 0 Å². The highest BCUT2D eigenvalue weighted by molar-refractivity contribution is 5.75. The average Bonchev–Trinajstić information content (AvgIpc) is 2.64. The molecule has 0 saturated heterocycles. The van der Waals surface area contributed by atoms with Crippen LogP contribution >= 0.6 is 0 Å². The Morgan fingerprint density at radius 3 is 2.88 bits per heavy atom. The molecule has 2 aromatic rings. The lowest BCUT2D eigenvalue weighted by atomic mass is 10.2. The van der Waals surface area contributed by atoms with E-state index in [2.05, 4.69) is 34.8 Å². The van der Waals surface area contributed by atoms with Crippen LogP contribution in [0.25, 0.3) is 11.0 Å². The van der Waals surface area contributed by atoms with E-state index in [9.17, 15) is 4.79 Å². The van der Waals surface area contributed by atoms with Crippen molar-refractivity contribution >= 4 is 17.4 Å². The van der Waals surface area contributed by atoms with E-state index in [4.69, 9.17) is 0 Å². The van der Waals surface area contributed by atoms with Gasteiger partial charge in [-0.25, -0.2) is 4.98 Å². The van der Waals surface area contributed by atoms with Crippen LogP contribution in [0.1, 0.15) is 19.7 Å². The first kappa shape index (κ1) is 11.6. The molecule has 1 aromatic heterocycles. The van der Waals surface area contributed by atoms with Crippen molar-refractivity contribution in [3.8, 4) is 0 Å². The van der Waals surface area contributed by atoms with E-state index in [0.717, 1.165) is 23.4 Å². The average molecular weight is 231 g/mol. The quantitative estimate of drug-likeness (QED) is 0.799. The molecule has 0 bridgehead atoms. The first-order chi connectivity index (χ1) is 8.22. The fourth-order valence-corrected chi connectivity index (χ4v) is 1.96. The lowest BCUT2D eigenvalue weighted by Crippen LogP contribution is -2.16. The van der Waals surface area contributed by atoms with Gasteiger partial charge in [0, 0.05) is 6.54 Å². The summed E-state index contributed by atoms with van der Waals surface area (Å²) in [5.41, 5.74) is 2.11. The van der Waals surface area contributed by atoms with Crippen LogP contribution in [0.2, 0.25) is 0 Å². The number of rotatable bonds is 5. The molecule has 0 atom stereocenters. The monoisotopic (exact) mass is 231 g/mol. The van der Waals surface area contributed by atoms with E-state index >= 15 is 0 Å². The van der Waals surface area contributed by atoms with Crippen LogP contribution in [0.15, 0.2) is 24.3 Å². The standard InChI is InChI=1S/C13H17N3O/c1-10(2)8-16-12-6-4-3-5-11(12)15-13(16)7-14-9-17/h3-6,9-10H,7-8H2,1-2H3,(H,14,17). The van der Waals surface area contributed by atoms with Gasteiger partial charge in [0.15, 0.2) is 0 Å². The summed E-state index contributed by atoms with van der Waals surface area (Å²) in [7, 11) is 0. The highest BCUT2D eigenvalue weighted by Gasteiger charge is 2.10. The Hall–Kier alpha value is -1.84. The van der Waals surface area contributed by atoms with Crippen LogP contribution in [0.5, 0.6) is 0 Å². The van der Waals surface area contributed by atoms with Gasteiger partial charge in [-0.2, -0.15) is 0 Å². The molecule has 1 amide bonds. The van der Waals surface area contributed by atoms with Crippen LogP contribution in [-0.2, 0) is 17.9 Å². The van der Waals surface area contributed by atoms with Gasteiger partial charge in [0.25, 0.3) is 0 Å². The van der Waals surface area contributed by atoms with Crippen LogP contribution in [0.4, 0.5) is 0 Å². The molecule has 0 aliphatic rings. The largest absolute Gasteiger partial charge is 0.351 e. The van der Waals surface area contributed by atoms with Crippen LogP contribution in [-0.4, -0.2) is 16.0 Å². The first-order valence-electron chi connectivity index (χ1n) is 5.83. The number of hydrogen-bond acceptors (Lipinski definition) is 2. The molecule has 17 heavy (non-hydrogen) atoms. The number of imidazole rings is 1. The maximum atomic E-state index is 10.4. The molecule has 0 spiro atoms. The van der Waals surface area contributed by atoms with Gasteiger partial charge in [0.1, 0.15) is 5.82 Å². The van der Waals surface area contributed by atoms with Crippen molar-refractivity contribution in [2.45, 2.75) is 26.9 Å². The van der Waals surface area contributed by atoms with E-state index < -0.39 is 0 Å². The molecule has 90 valence electrons. The van der Waals surface area contributed by atoms with Crippen molar-refractivity contribution in [3.63, 3.8) is 0 Å². The molecule has 0 unspecified atom stereocenters. The number of benzene rings is 1. The van der Waals surface area contributed by atoms with Gasteiger partial charge in [0.05, 0.1) is 17.6 Å². The van der Waals surface area contributed by atoms with Crippen molar-refractivity contribution in [1.82, 2.24) is 14.9 Å². The van der Waals surface area contributed by atoms with Gasteiger partial charge in [-0.15, -0.1) is 0 Å². The Balaban J connectivity index is 2.44. The molecule has 2 rings (SSSR count). The molecule has 1 heterocycles. The normalized spacial score (nSPS) is 11.0. The molecule has 4 heteroatoms. The molecule has 0 fully saturated rings. The maximum absolute atomic E-state index is 10.4. The molecule has 1 N–H and O–H groups in total. The zero-order chi connectivity index (χ0) is 12.3. The Morgan fingerprint density at radius 2 is 2.18 bits per heavy atom. The molecule has 0 radical (unpaired) electrons. The molecule has 0 aliphatic heterocycles. The Bertz CT molecular complexity index is 516. The van der Waals surface area contributed by atoms with E-state index in [1.54, 1.807) is 0 Å². The maximum Gasteiger partial charge on any atom is 0.207 e. The van der Waals surface area contributed by atoms with Crippen molar-refractivity contribution in [1.29, 1.82) is 0 Å². The van der Waals surface area contributed by atoms with Gasteiger partial charge >= 0.3 is 0 Å². The predicted octanol–water partition coefficient (Wildman–Crippen LogP) is 1.94. The summed E-state index contributed by atoms with van der Waals surface area (Å²) in [5, 5.41) is 2.68. The first-order valence-corrected chi connectivity index (χ1v) is 5.83. The summed E-state index contributed by atoms with van der Waals surface area (Å²) in [5.74, 6) is 1.45. The number of para-hydroxylation sites is 2. The van der Waals surface area contributed by atoms with Crippen molar-refractivity contribution < 1.29 is 4.79 Å². The van der Waals surface area contributed by atoms with Crippen molar-refractivity contribution in [3.05, 3.63) is 30.1 Å². The molecular weight excluding hydrogens is 214 g/mol. The second-order valence-electron chi connectivity index (χ2n) is 4.52. The Kier molecular flexibility index (Phi) is 3.42. The number of nitrogens with one attached hydrogen (secondary N) is 1. The Labute approximate surface area is 101 Å². The van der Waals surface area contributed by atoms with Crippen molar-refractivity contribution in [2.24, 2.45) is 5.92 Å². The topological polar surface area (TPSA) is 46.9 Å². The predicted molar refractivity (Wildman–Crippen MR) is 67.5 cm³/mol. The zero-order valence-electron chi connectivity index (χ0n) is 10.2. The zero-order valence-corrected chi connectivity index (χ0v) is 10.2. The van der Waals surface area contributed by atoms with Gasteiger partial charge in [0.2, 0.25) is 6.41 Å². The third kappa shape index (κ3) is 2.46. The highest BCUT2D eigenvalue weighted by Crippen LogP contribution is 2.17. The second-order valence-corrected chi connectivity index (χ2v) is 4.52. The van der Waals surface area contributed by atoms with Crippen LogP contribution < -0.4 is 5.32 Å². The fourth-order valence-electron chi connectivity index (χ4n) is 1.96. The minimum absolute atomic E-state index is 0.477. The van der Waals surface area contributed by atoms with E-state index in [0.29, 0.717) is 18.9 Å². The number of fused-ring (bicyclic) bond motifs is 1. The molecule has 0 saturated carbocycles. The van der Waals surface area contributed by atoms with Gasteiger partial charge in [-0.3, -0.25) is 4.79 Å².